The van der Waals surface area contributed by atoms with Crippen molar-refractivity contribution < 1.29 is 31.9 Å². The fourth-order valence-electron chi connectivity index (χ4n) is 4.73. The Balaban J connectivity index is 1.37. The highest BCUT2D eigenvalue weighted by Crippen LogP contribution is 2.30. The monoisotopic (exact) mass is 559 g/mol. The number of aryl methyl sites for hydroxylation is 1. The van der Waals surface area contributed by atoms with Gasteiger partial charge in [-0.1, -0.05) is 12.1 Å². The lowest BCUT2D eigenvalue weighted by Gasteiger charge is -2.28. The van der Waals surface area contributed by atoms with Crippen LogP contribution in [0.2, 0.25) is 0 Å². The van der Waals surface area contributed by atoms with Gasteiger partial charge in [0.15, 0.2) is 20.9 Å². The maximum absolute atomic E-state index is 15.2. The number of fused-ring (bicyclic) bond motifs is 2. The lowest BCUT2D eigenvalue weighted by atomic mass is 9.99. The second-order valence-corrected chi connectivity index (χ2v) is 12.6. The van der Waals surface area contributed by atoms with Gasteiger partial charge in [-0.3, -0.25) is 14.2 Å². The molecule has 1 saturated heterocycles. The number of benzene rings is 2. The molecule has 1 aromatic heterocycles. The van der Waals surface area contributed by atoms with Crippen LogP contribution >= 0.6 is 0 Å². The quantitative estimate of drug-likeness (QED) is 0.418. The fourth-order valence-corrected chi connectivity index (χ4v) is 5.57. The molecule has 0 bridgehead atoms. The first-order chi connectivity index (χ1) is 18.6. The molecule has 2 aliphatic heterocycles. The van der Waals surface area contributed by atoms with Gasteiger partial charge in [-0.25, -0.2) is 28.1 Å². The predicted molar refractivity (Wildman–Crippen MR) is 141 cm³/mol. The number of nitrogens with one attached hydrogen (secondary N) is 1. The SMILES string of the molecule is C[C@@](CCn1cnc2cc(-c3ccc4c(c3)COC4)c(F)cc2c1=O)(C(=O)NOC1CCCCO1)S(C)(=O)=O. The van der Waals surface area contributed by atoms with Crippen LogP contribution in [0, 0.1) is 5.82 Å². The summed E-state index contributed by atoms with van der Waals surface area (Å²) in [5.74, 6) is -1.45. The first-order valence-electron chi connectivity index (χ1n) is 12.7. The van der Waals surface area contributed by atoms with E-state index in [-0.39, 0.29) is 18.4 Å². The van der Waals surface area contributed by atoms with E-state index in [4.69, 9.17) is 14.3 Å². The third-order valence-electron chi connectivity index (χ3n) is 7.49. The summed E-state index contributed by atoms with van der Waals surface area (Å²) < 4.78 is 50.6. The number of halogens is 1. The van der Waals surface area contributed by atoms with Gasteiger partial charge in [0, 0.05) is 31.4 Å². The largest absolute Gasteiger partial charge is 0.372 e. The van der Waals surface area contributed by atoms with Crippen molar-refractivity contribution in [2.45, 2.75) is 63.4 Å². The minimum Gasteiger partial charge on any atom is -0.372 e. The molecule has 1 N–H and O–H groups in total. The van der Waals surface area contributed by atoms with Gasteiger partial charge in [0.25, 0.3) is 11.5 Å². The number of carbonyl (C=O) groups excluding carboxylic acids is 1. The lowest BCUT2D eigenvalue weighted by molar-refractivity contribution is -0.201. The summed E-state index contributed by atoms with van der Waals surface area (Å²) in [5.41, 5.74) is 4.99. The van der Waals surface area contributed by atoms with Crippen LogP contribution in [-0.2, 0) is 48.7 Å². The van der Waals surface area contributed by atoms with E-state index in [1.54, 1.807) is 6.07 Å². The first-order valence-corrected chi connectivity index (χ1v) is 14.6. The molecule has 10 nitrogen and oxygen atoms in total. The second-order valence-electron chi connectivity index (χ2n) is 10.2. The minimum atomic E-state index is -3.93. The maximum atomic E-state index is 15.2. The van der Waals surface area contributed by atoms with Crippen LogP contribution in [-0.4, -0.2) is 47.8 Å². The van der Waals surface area contributed by atoms with Crippen LogP contribution in [0.3, 0.4) is 0 Å². The van der Waals surface area contributed by atoms with Crippen LogP contribution < -0.4 is 11.0 Å². The Bertz CT molecular complexity index is 1580. The van der Waals surface area contributed by atoms with E-state index >= 15 is 4.39 Å². The highest BCUT2D eigenvalue weighted by Gasteiger charge is 2.44. The molecule has 3 heterocycles. The van der Waals surface area contributed by atoms with Gasteiger partial charge in [-0.2, -0.15) is 0 Å². The molecule has 1 fully saturated rings. The topological polar surface area (TPSA) is 126 Å². The van der Waals surface area contributed by atoms with Gasteiger partial charge in [0.1, 0.15) is 5.82 Å². The number of hydroxylamine groups is 1. The Hall–Kier alpha value is -3.19. The Morgan fingerprint density at radius 3 is 2.77 bits per heavy atom. The molecule has 0 spiro atoms. The molecule has 2 atom stereocenters. The molecule has 3 aromatic rings. The molecule has 0 radical (unpaired) electrons. The van der Waals surface area contributed by atoms with Crippen LogP contribution in [0.4, 0.5) is 4.39 Å². The molecule has 0 saturated carbocycles. The van der Waals surface area contributed by atoms with Gasteiger partial charge < -0.3 is 9.47 Å². The van der Waals surface area contributed by atoms with E-state index < -0.39 is 38.2 Å². The summed E-state index contributed by atoms with van der Waals surface area (Å²) >= 11 is 0. The first kappa shape index (κ1) is 27.4. The fraction of sp³-hybridized carbons (Fsp3) is 0.444. The smallest absolute Gasteiger partial charge is 0.264 e. The Kier molecular flexibility index (Phi) is 7.55. The molecule has 1 unspecified atom stereocenters. The summed E-state index contributed by atoms with van der Waals surface area (Å²) in [6, 6.07) is 8.23. The van der Waals surface area contributed by atoms with E-state index in [9.17, 15) is 18.0 Å². The zero-order valence-electron chi connectivity index (χ0n) is 21.7. The van der Waals surface area contributed by atoms with E-state index in [0.717, 1.165) is 36.3 Å². The van der Waals surface area contributed by atoms with E-state index in [0.29, 0.717) is 42.9 Å². The van der Waals surface area contributed by atoms with Gasteiger partial charge in [0.05, 0.1) is 30.4 Å². The average molecular weight is 560 g/mol. The Morgan fingerprint density at radius 2 is 2.03 bits per heavy atom. The summed E-state index contributed by atoms with van der Waals surface area (Å²) in [5, 5.41) is 0.0477. The van der Waals surface area contributed by atoms with Gasteiger partial charge in [-0.15, -0.1) is 0 Å². The van der Waals surface area contributed by atoms with Crippen molar-refractivity contribution in [1.82, 2.24) is 15.0 Å². The summed E-state index contributed by atoms with van der Waals surface area (Å²) in [7, 11) is -3.93. The molecular formula is C27H30FN3O7S. The summed E-state index contributed by atoms with van der Waals surface area (Å²) in [4.78, 5) is 35.7. The number of hydrogen-bond acceptors (Lipinski definition) is 8. The lowest BCUT2D eigenvalue weighted by Crippen LogP contribution is -2.51. The Labute approximate surface area is 225 Å². The van der Waals surface area contributed by atoms with E-state index in [2.05, 4.69) is 10.5 Å². The number of amides is 1. The van der Waals surface area contributed by atoms with Crippen molar-refractivity contribution in [1.29, 1.82) is 0 Å². The van der Waals surface area contributed by atoms with Crippen molar-refractivity contribution in [2.24, 2.45) is 0 Å². The van der Waals surface area contributed by atoms with Crippen molar-refractivity contribution in [3.8, 4) is 11.1 Å². The zero-order chi connectivity index (χ0) is 27.8. The molecule has 39 heavy (non-hydrogen) atoms. The van der Waals surface area contributed by atoms with Crippen LogP contribution in [0.1, 0.15) is 43.7 Å². The van der Waals surface area contributed by atoms with Crippen LogP contribution in [0.5, 0.6) is 0 Å². The molecule has 0 aliphatic carbocycles. The molecule has 1 amide bonds. The third-order valence-corrected chi connectivity index (χ3v) is 9.52. The molecule has 12 heteroatoms. The third kappa shape index (κ3) is 5.46. The van der Waals surface area contributed by atoms with Crippen molar-refractivity contribution in [3.63, 3.8) is 0 Å². The van der Waals surface area contributed by atoms with Crippen LogP contribution in [0.25, 0.3) is 22.0 Å². The van der Waals surface area contributed by atoms with Gasteiger partial charge in [0.2, 0.25) is 0 Å². The number of hydrogen-bond donors (Lipinski definition) is 1. The van der Waals surface area contributed by atoms with Crippen molar-refractivity contribution in [3.05, 3.63) is 64.0 Å². The van der Waals surface area contributed by atoms with Crippen LogP contribution in [0.15, 0.2) is 41.5 Å². The minimum absolute atomic E-state index is 0.0477. The predicted octanol–water partition coefficient (Wildman–Crippen LogP) is 3.00. The highest BCUT2D eigenvalue weighted by molar-refractivity contribution is 7.92. The average Bonchev–Trinajstić information content (AvgIpc) is 3.39. The number of nitrogens with zero attached hydrogens (tertiary/aromatic N) is 2. The second kappa shape index (κ2) is 10.8. The summed E-state index contributed by atoms with van der Waals surface area (Å²) in [6.07, 6.45) is 3.67. The number of rotatable bonds is 8. The van der Waals surface area contributed by atoms with Gasteiger partial charge >= 0.3 is 0 Å². The molecule has 5 rings (SSSR count). The highest BCUT2D eigenvalue weighted by atomic mass is 32.2. The normalized spacial score (nSPS) is 19.0. The van der Waals surface area contributed by atoms with E-state index in [1.165, 1.54) is 23.9 Å². The summed E-state index contributed by atoms with van der Waals surface area (Å²) in [6.45, 7) is 2.61. The molecular weight excluding hydrogens is 529 g/mol. The number of ether oxygens (including phenoxy) is 2. The molecule has 2 aromatic carbocycles. The van der Waals surface area contributed by atoms with Gasteiger partial charge in [-0.05, 0) is 61.1 Å². The van der Waals surface area contributed by atoms with Crippen molar-refractivity contribution in [2.75, 3.05) is 12.9 Å². The maximum Gasteiger partial charge on any atom is 0.264 e. The van der Waals surface area contributed by atoms with E-state index in [1.807, 2.05) is 12.1 Å². The zero-order valence-corrected chi connectivity index (χ0v) is 22.6. The molecule has 208 valence electrons. The number of carbonyl (C=O) groups is 1. The molecule has 2 aliphatic rings. The Morgan fingerprint density at radius 1 is 1.23 bits per heavy atom. The number of sulfone groups is 1. The standard InChI is InChI=1S/C27H30FN3O7S/c1-27(39(2,34)35,26(33)30-38-24-5-3-4-10-37-24)8-9-31-16-29-23-13-20(22(28)12-21(23)25(31)32)17-6-7-18-14-36-15-19(18)11-17/h6-7,11-13,16,24H,3-5,8-10,14-15H2,1-2H3,(H,30,33)/t24?,27-/m1/s1. The van der Waals surface area contributed by atoms with Crippen molar-refractivity contribution >= 4 is 26.6 Å². The number of aromatic nitrogens is 2.